The van der Waals surface area contributed by atoms with Gasteiger partial charge < -0.3 is 8.64 Å². The fourth-order valence-electron chi connectivity index (χ4n) is 2.12. The van der Waals surface area contributed by atoms with Crippen molar-refractivity contribution in [2.75, 3.05) is 0 Å². The smallest absolute Gasteiger partial charge is 0.279 e. The number of nitrogens with two attached hydrogens (primary N) is 2. The van der Waals surface area contributed by atoms with Gasteiger partial charge in [-0.05, 0) is 50.1 Å². The number of hydrogen-bond acceptors (Lipinski definition) is 5. The van der Waals surface area contributed by atoms with Gasteiger partial charge in [0.1, 0.15) is 5.75 Å². The average molecular weight is 349 g/mol. The highest BCUT2D eigenvalue weighted by Gasteiger charge is 2.57. The van der Waals surface area contributed by atoms with Crippen molar-refractivity contribution in [1.29, 1.82) is 0 Å². The summed E-state index contributed by atoms with van der Waals surface area (Å²) >= 11 is 5.76. The summed E-state index contributed by atoms with van der Waals surface area (Å²) in [5.74, 6) is 13.2. The van der Waals surface area contributed by atoms with Crippen LogP contribution in [0, 0.1) is 0 Å². The minimum atomic E-state index is -2.71. The van der Waals surface area contributed by atoms with Gasteiger partial charge in [-0.2, -0.15) is 8.89 Å². The van der Waals surface area contributed by atoms with E-state index in [0.29, 0.717) is 5.75 Å². The lowest BCUT2D eigenvalue weighted by Crippen LogP contribution is -2.71. The summed E-state index contributed by atoms with van der Waals surface area (Å²) in [4.78, 5) is 0. The molecule has 0 amide bonds. The summed E-state index contributed by atoms with van der Waals surface area (Å²) in [6, 6.07) is 9.42. The molecule has 2 rings (SSSR count). The lowest BCUT2D eigenvalue weighted by molar-refractivity contribution is 0.344. The normalized spacial score (nSPS) is 25.3. The second-order valence-corrected chi connectivity index (χ2v) is 17.4. The van der Waals surface area contributed by atoms with Crippen LogP contribution in [0.2, 0.25) is 26.2 Å². The van der Waals surface area contributed by atoms with Gasteiger partial charge in [-0.3, -0.25) is 11.7 Å². The van der Waals surface area contributed by atoms with Crippen LogP contribution < -0.4 is 16.2 Å². The molecule has 6 nitrogen and oxygen atoms in total. The molecule has 20 heavy (non-hydrogen) atoms. The topological polar surface area (TPSA) is 77.0 Å². The number of hydrazine groups is 2. The zero-order chi connectivity index (χ0) is 15.2. The lowest BCUT2D eigenvalue weighted by Gasteiger charge is -2.54. The van der Waals surface area contributed by atoms with Crippen LogP contribution in [0.4, 0.5) is 0 Å². The lowest BCUT2D eigenvalue weighted by atomic mass is 10.3. The summed E-state index contributed by atoms with van der Waals surface area (Å²) in [5, 5.41) is 0. The Hall–Kier alpha value is -0.0962. The van der Waals surface area contributed by atoms with Crippen LogP contribution in [-0.4, -0.2) is 25.8 Å². The first kappa shape index (κ1) is 16.3. The molecule has 0 spiro atoms. The summed E-state index contributed by atoms with van der Waals surface area (Å²) < 4.78 is 15.4. The van der Waals surface area contributed by atoms with Gasteiger partial charge >= 0.3 is 0 Å². The summed E-state index contributed by atoms with van der Waals surface area (Å²) in [6.07, 6.45) is 0. The second kappa shape index (κ2) is 5.27. The third kappa shape index (κ3) is 2.78. The van der Waals surface area contributed by atoms with Gasteiger partial charge in [-0.15, -0.1) is 0 Å². The number of rotatable bonds is 2. The predicted octanol–water partition coefficient (Wildman–Crippen LogP) is 2.08. The van der Waals surface area contributed by atoms with E-state index in [1.54, 1.807) is 8.89 Å². The van der Waals surface area contributed by atoms with E-state index in [-0.39, 0.29) is 0 Å². The molecule has 0 aromatic heterocycles. The SMILES string of the molecule is C[Si]1(C)O[Si](C)(C)N(N)P(=S)(Oc2ccccc2)N1N. The summed E-state index contributed by atoms with van der Waals surface area (Å²) in [5.41, 5.74) is 0. The molecule has 1 aliphatic heterocycles. The van der Waals surface area contributed by atoms with E-state index < -0.39 is 23.5 Å². The van der Waals surface area contributed by atoms with Crippen molar-refractivity contribution in [2.24, 2.45) is 11.7 Å². The summed E-state index contributed by atoms with van der Waals surface area (Å²) in [6.45, 7) is 5.37. The minimum absolute atomic E-state index is 0.679. The fourth-order valence-corrected chi connectivity index (χ4v) is 19.0. The van der Waals surface area contributed by atoms with E-state index in [1.165, 1.54) is 0 Å². The third-order valence-electron chi connectivity index (χ3n) is 3.12. The molecular formula is C10H21N4O2PSSi2. The highest BCUT2D eigenvalue weighted by atomic mass is 32.5. The maximum Gasteiger partial charge on any atom is 0.279 e. The molecule has 0 atom stereocenters. The van der Waals surface area contributed by atoms with Crippen LogP contribution >= 0.6 is 6.57 Å². The van der Waals surface area contributed by atoms with Crippen LogP contribution in [0.3, 0.4) is 0 Å². The molecule has 1 aliphatic rings. The first-order valence-electron chi connectivity index (χ1n) is 6.25. The zero-order valence-electron chi connectivity index (χ0n) is 12.1. The molecule has 0 unspecified atom stereocenters. The minimum Gasteiger partial charge on any atom is -0.440 e. The van der Waals surface area contributed by atoms with Gasteiger partial charge in [0.05, 0.1) is 0 Å². The predicted molar refractivity (Wildman–Crippen MR) is 89.5 cm³/mol. The number of hydrogen-bond donors (Lipinski definition) is 2. The van der Waals surface area contributed by atoms with E-state index in [1.807, 2.05) is 56.5 Å². The Labute approximate surface area is 127 Å². The quantitative estimate of drug-likeness (QED) is 0.481. The van der Waals surface area contributed by atoms with Gasteiger partial charge in [0.2, 0.25) is 0 Å². The van der Waals surface area contributed by atoms with E-state index >= 15 is 0 Å². The van der Waals surface area contributed by atoms with E-state index in [2.05, 4.69) is 0 Å². The molecule has 1 heterocycles. The summed E-state index contributed by atoms with van der Waals surface area (Å²) in [7, 11) is -4.58. The van der Waals surface area contributed by atoms with Crippen molar-refractivity contribution in [3.05, 3.63) is 30.3 Å². The molecule has 1 aromatic carbocycles. The van der Waals surface area contributed by atoms with E-state index in [9.17, 15) is 0 Å². The first-order chi connectivity index (χ1) is 9.09. The fraction of sp³-hybridized carbons (Fsp3) is 0.400. The highest BCUT2D eigenvalue weighted by molar-refractivity contribution is 8.11. The second-order valence-electron chi connectivity index (χ2n) is 5.58. The Kier molecular flexibility index (Phi) is 4.29. The van der Waals surface area contributed by atoms with Crippen molar-refractivity contribution in [3.63, 3.8) is 0 Å². The van der Waals surface area contributed by atoms with E-state index in [0.717, 1.165) is 0 Å². The Morgan fingerprint density at radius 3 is 1.95 bits per heavy atom. The van der Waals surface area contributed by atoms with Gasteiger partial charge in [-0.1, -0.05) is 18.2 Å². The molecule has 0 aliphatic carbocycles. The molecule has 0 radical (unpaired) electrons. The Morgan fingerprint density at radius 2 is 1.50 bits per heavy atom. The standard InChI is InChI=1S/C10H21N4O2PSSi2/c1-19(2)13(11)17(18,14(12)20(3,4)16-19)15-10-8-6-5-7-9-10/h5-9H,11-12H2,1-4H3. The molecule has 0 bridgehead atoms. The molecule has 1 aromatic rings. The Balaban J connectivity index is 2.42. The average Bonchev–Trinajstić information content (AvgIpc) is 2.35. The molecule has 1 saturated heterocycles. The van der Waals surface area contributed by atoms with Crippen molar-refractivity contribution in [2.45, 2.75) is 26.2 Å². The number of nitrogens with zero attached hydrogens (tertiary/aromatic N) is 2. The Bertz CT molecular complexity index is 521. The monoisotopic (exact) mass is 348 g/mol. The zero-order valence-corrected chi connectivity index (χ0v) is 15.8. The van der Waals surface area contributed by atoms with Crippen LogP contribution in [0.5, 0.6) is 5.75 Å². The first-order valence-corrected chi connectivity index (χ1v) is 14.6. The largest absolute Gasteiger partial charge is 0.440 e. The third-order valence-corrected chi connectivity index (χ3v) is 17.5. The molecule has 0 saturated carbocycles. The van der Waals surface area contributed by atoms with Crippen molar-refractivity contribution in [1.82, 2.24) is 8.89 Å². The van der Waals surface area contributed by atoms with Gasteiger partial charge in [0, 0.05) is 0 Å². The molecule has 10 heteroatoms. The van der Waals surface area contributed by atoms with E-state index in [4.69, 9.17) is 32.1 Å². The van der Waals surface area contributed by atoms with Gasteiger partial charge in [0.15, 0.2) is 0 Å². The Morgan fingerprint density at radius 1 is 1.05 bits per heavy atom. The van der Waals surface area contributed by atoms with Crippen LogP contribution in [0.1, 0.15) is 0 Å². The van der Waals surface area contributed by atoms with Gasteiger partial charge in [-0.25, -0.2) is 0 Å². The highest BCUT2D eigenvalue weighted by Crippen LogP contribution is 2.58. The van der Waals surface area contributed by atoms with Crippen molar-refractivity contribution in [3.8, 4) is 5.75 Å². The van der Waals surface area contributed by atoms with Crippen LogP contribution in [0.15, 0.2) is 30.3 Å². The number of benzene rings is 1. The molecule has 112 valence electrons. The van der Waals surface area contributed by atoms with Crippen molar-refractivity contribution >= 4 is 35.3 Å². The van der Waals surface area contributed by atoms with Crippen LogP contribution in [-0.2, 0) is 15.9 Å². The van der Waals surface area contributed by atoms with Gasteiger partial charge in [0.25, 0.3) is 23.5 Å². The number of para-hydroxylation sites is 1. The molecular weight excluding hydrogens is 327 g/mol. The maximum absolute atomic E-state index is 6.24. The maximum atomic E-state index is 6.24. The molecule has 1 fully saturated rings. The van der Waals surface area contributed by atoms with Crippen LogP contribution in [0.25, 0.3) is 0 Å². The molecule has 4 N–H and O–H groups in total. The van der Waals surface area contributed by atoms with Crippen molar-refractivity contribution < 1.29 is 8.64 Å².